The summed E-state index contributed by atoms with van der Waals surface area (Å²) in [5.74, 6) is 3.09. The van der Waals surface area contributed by atoms with E-state index in [-0.39, 0.29) is 0 Å². The summed E-state index contributed by atoms with van der Waals surface area (Å²) in [6, 6.07) is 0. The van der Waals surface area contributed by atoms with Crippen LogP contribution >= 0.6 is 0 Å². The van der Waals surface area contributed by atoms with Gasteiger partial charge in [0, 0.05) is 19.6 Å². The lowest BCUT2D eigenvalue weighted by molar-refractivity contribution is 0.0733. The monoisotopic (exact) mass is 153 g/mol. The SMILES string of the molecule is CC(C)CN1CC(C2CC2)C1. The Morgan fingerprint density at radius 2 is 1.82 bits per heavy atom. The van der Waals surface area contributed by atoms with Gasteiger partial charge in [0.2, 0.25) is 0 Å². The second-order valence-corrected chi connectivity index (χ2v) is 4.71. The van der Waals surface area contributed by atoms with Crippen molar-refractivity contribution in [3.05, 3.63) is 0 Å². The van der Waals surface area contributed by atoms with E-state index in [0.717, 1.165) is 17.8 Å². The minimum absolute atomic E-state index is 0.857. The van der Waals surface area contributed by atoms with E-state index in [0.29, 0.717) is 0 Å². The first kappa shape index (κ1) is 7.60. The van der Waals surface area contributed by atoms with Crippen molar-refractivity contribution in [1.82, 2.24) is 4.90 Å². The van der Waals surface area contributed by atoms with Crippen LogP contribution in [0.5, 0.6) is 0 Å². The van der Waals surface area contributed by atoms with Crippen LogP contribution < -0.4 is 0 Å². The molecule has 0 aromatic rings. The Bertz CT molecular complexity index is 132. The van der Waals surface area contributed by atoms with E-state index >= 15 is 0 Å². The van der Waals surface area contributed by atoms with Crippen LogP contribution in [-0.4, -0.2) is 24.5 Å². The Labute approximate surface area is 69.8 Å². The third kappa shape index (κ3) is 1.76. The predicted molar refractivity (Wildman–Crippen MR) is 47.5 cm³/mol. The molecule has 1 aliphatic carbocycles. The van der Waals surface area contributed by atoms with Crippen LogP contribution in [0.4, 0.5) is 0 Å². The topological polar surface area (TPSA) is 3.24 Å². The lowest BCUT2D eigenvalue weighted by Crippen LogP contribution is -2.48. The fourth-order valence-corrected chi connectivity index (χ4v) is 2.14. The molecule has 1 aliphatic heterocycles. The number of nitrogens with zero attached hydrogens (tertiary/aromatic N) is 1. The zero-order valence-electron chi connectivity index (χ0n) is 7.71. The van der Waals surface area contributed by atoms with Gasteiger partial charge in [0.05, 0.1) is 0 Å². The third-order valence-electron chi connectivity index (χ3n) is 2.90. The Hall–Kier alpha value is -0.0400. The fraction of sp³-hybridized carbons (Fsp3) is 1.00. The summed E-state index contributed by atoms with van der Waals surface area (Å²) < 4.78 is 0. The highest BCUT2D eigenvalue weighted by molar-refractivity contribution is 4.91. The van der Waals surface area contributed by atoms with Crippen molar-refractivity contribution in [3.63, 3.8) is 0 Å². The van der Waals surface area contributed by atoms with E-state index in [1.54, 1.807) is 0 Å². The van der Waals surface area contributed by atoms with E-state index in [2.05, 4.69) is 18.7 Å². The quantitative estimate of drug-likeness (QED) is 0.599. The summed E-state index contributed by atoms with van der Waals surface area (Å²) in [7, 11) is 0. The molecule has 2 rings (SSSR count). The maximum absolute atomic E-state index is 2.60. The van der Waals surface area contributed by atoms with Gasteiger partial charge in [0.15, 0.2) is 0 Å². The third-order valence-corrected chi connectivity index (χ3v) is 2.90. The lowest BCUT2D eigenvalue weighted by atomic mass is 9.94. The minimum Gasteiger partial charge on any atom is -0.302 e. The lowest BCUT2D eigenvalue weighted by Gasteiger charge is -2.40. The van der Waals surface area contributed by atoms with Crippen molar-refractivity contribution >= 4 is 0 Å². The average molecular weight is 153 g/mol. The van der Waals surface area contributed by atoms with Crippen LogP contribution in [0, 0.1) is 17.8 Å². The van der Waals surface area contributed by atoms with Gasteiger partial charge in [-0.15, -0.1) is 0 Å². The first-order valence-corrected chi connectivity index (χ1v) is 4.98. The van der Waals surface area contributed by atoms with Crippen molar-refractivity contribution in [3.8, 4) is 0 Å². The molecule has 1 saturated carbocycles. The molecule has 11 heavy (non-hydrogen) atoms. The van der Waals surface area contributed by atoms with E-state index < -0.39 is 0 Å². The molecule has 1 heteroatoms. The van der Waals surface area contributed by atoms with Gasteiger partial charge >= 0.3 is 0 Å². The van der Waals surface area contributed by atoms with Crippen molar-refractivity contribution in [2.75, 3.05) is 19.6 Å². The maximum atomic E-state index is 2.60. The number of likely N-dealkylation sites (tertiary alicyclic amines) is 1. The summed E-state index contributed by atoms with van der Waals surface area (Å²) in [6.07, 6.45) is 3.06. The molecule has 1 heterocycles. The van der Waals surface area contributed by atoms with E-state index in [1.807, 2.05) is 0 Å². The highest BCUT2D eigenvalue weighted by Gasteiger charge is 2.38. The molecule has 2 fully saturated rings. The highest BCUT2D eigenvalue weighted by atomic mass is 15.2. The molecule has 0 aromatic carbocycles. The summed E-state index contributed by atoms with van der Waals surface area (Å²) >= 11 is 0. The van der Waals surface area contributed by atoms with Crippen LogP contribution in [0.15, 0.2) is 0 Å². The van der Waals surface area contributed by atoms with Gasteiger partial charge in [0.1, 0.15) is 0 Å². The van der Waals surface area contributed by atoms with E-state index in [9.17, 15) is 0 Å². The number of hydrogen-bond acceptors (Lipinski definition) is 1. The molecule has 0 aromatic heterocycles. The molecular weight excluding hydrogens is 134 g/mol. The highest BCUT2D eigenvalue weighted by Crippen LogP contribution is 2.41. The molecule has 2 aliphatic rings. The van der Waals surface area contributed by atoms with Crippen molar-refractivity contribution in [2.24, 2.45) is 17.8 Å². The zero-order valence-corrected chi connectivity index (χ0v) is 7.71. The van der Waals surface area contributed by atoms with Gasteiger partial charge in [-0.3, -0.25) is 0 Å². The minimum atomic E-state index is 0.857. The van der Waals surface area contributed by atoms with Crippen LogP contribution in [0.25, 0.3) is 0 Å². The van der Waals surface area contributed by atoms with Crippen LogP contribution in [0.3, 0.4) is 0 Å². The Kier molecular flexibility index (Phi) is 1.92. The molecule has 1 saturated heterocycles. The molecule has 0 bridgehead atoms. The van der Waals surface area contributed by atoms with Crippen molar-refractivity contribution in [1.29, 1.82) is 0 Å². The molecule has 0 unspecified atom stereocenters. The van der Waals surface area contributed by atoms with E-state index in [4.69, 9.17) is 0 Å². The van der Waals surface area contributed by atoms with Crippen LogP contribution in [-0.2, 0) is 0 Å². The largest absolute Gasteiger partial charge is 0.302 e. The first-order valence-electron chi connectivity index (χ1n) is 4.98. The molecule has 0 radical (unpaired) electrons. The van der Waals surface area contributed by atoms with E-state index in [1.165, 1.54) is 32.5 Å². The van der Waals surface area contributed by atoms with Crippen LogP contribution in [0.2, 0.25) is 0 Å². The second-order valence-electron chi connectivity index (χ2n) is 4.71. The average Bonchev–Trinajstić information content (AvgIpc) is 2.58. The maximum Gasteiger partial charge on any atom is 0.00248 e. The Morgan fingerprint density at radius 3 is 2.27 bits per heavy atom. The number of rotatable bonds is 3. The zero-order chi connectivity index (χ0) is 7.84. The number of hydrogen-bond donors (Lipinski definition) is 0. The summed E-state index contributed by atoms with van der Waals surface area (Å²) in [5.41, 5.74) is 0. The first-order chi connectivity index (χ1) is 5.25. The molecular formula is C10H19N. The van der Waals surface area contributed by atoms with Crippen LogP contribution in [0.1, 0.15) is 26.7 Å². The second kappa shape index (κ2) is 2.78. The Balaban J connectivity index is 1.63. The summed E-state index contributed by atoms with van der Waals surface area (Å²) in [6.45, 7) is 8.75. The van der Waals surface area contributed by atoms with Gasteiger partial charge < -0.3 is 4.90 Å². The molecule has 1 nitrogen and oxygen atoms in total. The van der Waals surface area contributed by atoms with Crippen molar-refractivity contribution in [2.45, 2.75) is 26.7 Å². The normalized spacial score (nSPS) is 27.5. The predicted octanol–water partition coefficient (Wildman–Crippen LogP) is 1.98. The molecule has 64 valence electrons. The van der Waals surface area contributed by atoms with Crippen molar-refractivity contribution < 1.29 is 0 Å². The van der Waals surface area contributed by atoms with Gasteiger partial charge in [-0.1, -0.05) is 13.8 Å². The van der Waals surface area contributed by atoms with Gasteiger partial charge in [-0.05, 0) is 30.6 Å². The van der Waals surface area contributed by atoms with Gasteiger partial charge in [0.25, 0.3) is 0 Å². The van der Waals surface area contributed by atoms with Gasteiger partial charge in [-0.25, -0.2) is 0 Å². The molecule has 0 atom stereocenters. The Morgan fingerprint density at radius 1 is 1.18 bits per heavy atom. The summed E-state index contributed by atoms with van der Waals surface area (Å²) in [4.78, 5) is 2.60. The molecule has 0 N–H and O–H groups in total. The summed E-state index contributed by atoms with van der Waals surface area (Å²) in [5, 5.41) is 0. The standard InChI is InChI=1S/C10H19N/c1-8(2)5-11-6-10(7-11)9-3-4-9/h8-10H,3-7H2,1-2H3. The fourth-order valence-electron chi connectivity index (χ4n) is 2.14. The smallest absolute Gasteiger partial charge is 0.00248 e. The molecule has 0 spiro atoms. The van der Waals surface area contributed by atoms with Gasteiger partial charge in [-0.2, -0.15) is 0 Å². The molecule has 0 amide bonds.